The van der Waals surface area contributed by atoms with Crippen molar-refractivity contribution in [1.29, 1.82) is 0 Å². The van der Waals surface area contributed by atoms with E-state index in [1.807, 2.05) is 0 Å². The molecule has 0 saturated heterocycles. The third-order valence-electron chi connectivity index (χ3n) is 1.41. The molecule has 0 aromatic rings. The fourth-order valence-electron chi connectivity index (χ4n) is 1.29. The molecule has 0 rings (SSSR count). The van der Waals surface area contributed by atoms with Crippen LogP contribution < -0.4 is 0 Å². The van der Waals surface area contributed by atoms with Crippen molar-refractivity contribution in [3.63, 3.8) is 0 Å². The van der Waals surface area contributed by atoms with Gasteiger partial charge in [0.15, 0.2) is 0 Å². The van der Waals surface area contributed by atoms with Crippen molar-refractivity contribution in [2.24, 2.45) is 0 Å². The van der Waals surface area contributed by atoms with Gasteiger partial charge < -0.3 is 0 Å². The molecule has 0 aromatic carbocycles. The van der Waals surface area contributed by atoms with E-state index in [1.165, 1.54) is 27.7 Å². The molecule has 0 saturated carbocycles. The molecule has 0 fully saturated rings. The Kier molecular flexibility index (Phi) is 3.14. The Labute approximate surface area is 70.2 Å². The third kappa shape index (κ3) is 3.23. The molecule has 0 aromatic heterocycles. The second kappa shape index (κ2) is 3.11. The monoisotopic (exact) mass is 207 g/mol. The summed E-state index contributed by atoms with van der Waals surface area (Å²) in [6, 6.07) is -1.68. The summed E-state index contributed by atoms with van der Waals surface area (Å²) in [6.07, 6.45) is 0. The van der Waals surface area contributed by atoms with Gasteiger partial charge in [0.05, 0.1) is 0 Å². The number of nitrogens with zero attached hydrogens (tertiary/aromatic N) is 1. The van der Waals surface area contributed by atoms with E-state index in [0.29, 0.717) is 0 Å². The first kappa shape index (κ1) is 12.1. The molecule has 0 aliphatic rings. The molecule has 12 heavy (non-hydrogen) atoms. The molecular formula is C6H14F4NP. The van der Waals surface area contributed by atoms with Gasteiger partial charge in [0, 0.05) is 0 Å². The fraction of sp³-hybridized carbons (Fsp3) is 1.00. The Bertz CT molecular complexity index is 145. The Morgan fingerprint density at radius 3 is 1.08 bits per heavy atom. The average molecular weight is 207 g/mol. The molecule has 0 heterocycles. The van der Waals surface area contributed by atoms with Crippen LogP contribution in [0.5, 0.6) is 0 Å². The van der Waals surface area contributed by atoms with Crippen LogP contribution in [0.1, 0.15) is 27.7 Å². The summed E-state index contributed by atoms with van der Waals surface area (Å²) in [5.41, 5.74) is 0. The molecular weight excluding hydrogens is 193 g/mol. The fourth-order valence-corrected chi connectivity index (χ4v) is 2.69. The molecule has 0 atom stereocenters. The minimum atomic E-state index is -7.54. The van der Waals surface area contributed by atoms with Gasteiger partial charge in [-0.3, -0.25) is 0 Å². The Morgan fingerprint density at radius 1 is 0.833 bits per heavy atom. The van der Waals surface area contributed by atoms with Crippen LogP contribution in [0.15, 0.2) is 0 Å². The molecule has 0 aliphatic heterocycles. The van der Waals surface area contributed by atoms with E-state index < -0.39 is 20.1 Å². The summed E-state index contributed by atoms with van der Waals surface area (Å²) in [7, 11) is -7.54. The molecule has 1 nitrogen and oxygen atoms in total. The Morgan fingerprint density at radius 2 is 1.08 bits per heavy atom. The molecule has 0 radical (unpaired) electrons. The van der Waals surface area contributed by atoms with Crippen molar-refractivity contribution in [2.75, 3.05) is 0 Å². The van der Waals surface area contributed by atoms with Gasteiger partial charge in [-0.1, -0.05) is 0 Å². The normalized spacial score (nSPS) is 17.1. The van der Waals surface area contributed by atoms with Gasteiger partial charge in [-0.2, -0.15) is 0 Å². The van der Waals surface area contributed by atoms with Crippen molar-refractivity contribution in [1.82, 2.24) is 4.67 Å². The first-order valence-electron chi connectivity index (χ1n) is 3.70. The van der Waals surface area contributed by atoms with Gasteiger partial charge in [-0.15, -0.1) is 0 Å². The van der Waals surface area contributed by atoms with Crippen molar-refractivity contribution < 1.29 is 16.8 Å². The Balaban J connectivity index is 4.77. The number of hydrogen-bond acceptors (Lipinski definition) is 1. The first-order chi connectivity index (χ1) is 5.02. The summed E-state index contributed by atoms with van der Waals surface area (Å²) in [5.74, 6) is 0. The van der Waals surface area contributed by atoms with Gasteiger partial charge >= 0.3 is 69.2 Å². The van der Waals surface area contributed by atoms with E-state index in [1.54, 1.807) is 0 Å². The topological polar surface area (TPSA) is 3.24 Å². The summed E-state index contributed by atoms with van der Waals surface area (Å²) in [6.45, 7) is 5.33. The van der Waals surface area contributed by atoms with E-state index in [0.717, 1.165) is 0 Å². The van der Waals surface area contributed by atoms with Gasteiger partial charge in [-0.05, 0) is 0 Å². The summed E-state index contributed by atoms with van der Waals surface area (Å²) >= 11 is 0. The molecule has 0 aliphatic carbocycles. The SMILES string of the molecule is CC(C)N(C(C)C)P(F)(F)(F)F. The zero-order valence-corrected chi connectivity index (χ0v) is 8.46. The van der Waals surface area contributed by atoms with Crippen molar-refractivity contribution >= 4 is 8.00 Å². The van der Waals surface area contributed by atoms with Gasteiger partial charge in [-0.25, -0.2) is 0 Å². The van der Waals surface area contributed by atoms with Gasteiger partial charge in [0.2, 0.25) is 0 Å². The third-order valence-corrected chi connectivity index (χ3v) is 3.03. The van der Waals surface area contributed by atoms with Crippen molar-refractivity contribution in [3.05, 3.63) is 0 Å². The van der Waals surface area contributed by atoms with E-state index >= 15 is 0 Å². The maximum absolute atomic E-state index is 12.3. The molecule has 6 heteroatoms. The van der Waals surface area contributed by atoms with Crippen LogP contribution in [0.4, 0.5) is 16.8 Å². The van der Waals surface area contributed by atoms with E-state index in [4.69, 9.17) is 0 Å². The second-order valence-corrected chi connectivity index (χ2v) is 5.09. The zero-order valence-electron chi connectivity index (χ0n) is 7.56. The molecule has 0 amide bonds. The standard InChI is InChI=1S/C6H14F4NP/c1-5(2)11(6(3)4)12(7,8,9)10/h5-6H,1-4H3. The zero-order chi connectivity index (χ0) is 10.2. The minimum absolute atomic E-state index is 0.00556. The van der Waals surface area contributed by atoms with Crippen LogP contribution in [0.2, 0.25) is 0 Å². The van der Waals surface area contributed by atoms with Crippen LogP contribution in [0, 0.1) is 0 Å². The Hall–Kier alpha value is 0.110. The predicted molar refractivity (Wildman–Crippen MR) is 43.5 cm³/mol. The quantitative estimate of drug-likeness (QED) is 0.497. The second-order valence-electron chi connectivity index (χ2n) is 3.25. The number of hydrogen-bond donors (Lipinski definition) is 0. The maximum atomic E-state index is 12.3. The van der Waals surface area contributed by atoms with Crippen molar-refractivity contribution in [2.45, 2.75) is 39.8 Å². The van der Waals surface area contributed by atoms with Crippen LogP contribution >= 0.6 is 8.00 Å². The molecule has 76 valence electrons. The van der Waals surface area contributed by atoms with Gasteiger partial charge in [0.1, 0.15) is 0 Å². The summed E-state index contributed by atoms with van der Waals surface area (Å²) in [5, 5.41) is 0. The number of halogens is 4. The van der Waals surface area contributed by atoms with Crippen LogP contribution in [0.25, 0.3) is 0 Å². The van der Waals surface area contributed by atoms with Crippen LogP contribution in [0.3, 0.4) is 0 Å². The van der Waals surface area contributed by atoms with Crippen LogP contribution in [-0.4, -0.2) is 16.8 Å². The van der Waals surface area contributed by atoms with E-state index in [9.17, 15) is 16.8 Å². The molecule has 0 unspecified atom stereocenters. The van der Waals surface area contributed by atoms with Crippen LogP contribution in [-0.2, 0) is 0 Å². The molecule has 0 bridgehead atoms. The first-order valence-corrected chi connectivity index (χ1v) is 5.45. The van der Waals surface area contributed by atoms with Gasteiger partial charge in [0.25, 0.3) is 0 Å². The van der Waals surface area contributed by atoms with E-state index in [2.05, 4.69) is 0 Å². The molecule has 0 spiro atoms. The molecule has 0 N–H and O–H groups in total. The summed E-state index contributed by atoms with van der Waals surface area (Å²) < 4.78 is 49.2. The average Bonchev–Trinajstić information content (AvgIpc) is 1.51. The predicted octanol–water partition coefficient (Wildman–Crippen LogP) is 4.11. The van der Waals surface area contributed by atoms with E-state index in [-0.39, 0.29) is 4.67 Å². The summed E-state index contributed by atoms with van der Waals surface area (Å²) in [4.78, 5) is 0. The number of rotatable bonds is 3. The van der Waals surface area contributed by atoms with Crippen molar-refractivity contribution in [3.8, 4) is 0 Å².